The van der Waals surface area contributed by atoms with Crippen LogP contribution in [0.3, 0.4) is 0 Å². The molecule has 3 heteroatoms. The van der Waals surface area contributed by atoms with Crippen LogP contribution in [0.25, 0.3) is 10.9 Å². The Morgan fingerprint density at radius 2 is 2.33 bits per heavy atom. The molecule has 12 heavy (non-hydrogen) atoms. The Labute approximate surface area is 74.0 Å². The topological polar surface area (TPSA) is 30.0 Å². The van der Waals surface area contributed by atoms with E-state index in [-0.39, 0.29) is 5.78 Å². The summed E-state index contributed by atoms with van der Waals surface area (Å²) in [5, 5.41) is 3.00. The van der Waals surface area contributed by atoms with Gasteiger partial charge in [-0.05, 0) is 36.7 Å². The van der Waals surface area contributed by atoms with Crippen molar-refractivity contribution in [1.29, 1.82) is 0 Å². The van der Waals surface area contributed by atoms with Gasteiger partial charge in [0.2, 0.25) is 0 Å². The van der Waals surface area contributed by atoms with Crippen LogP contribution in [0.1, 0.15) is 17.3 Å². The summed E-state index contributed by atoms with van der Waals surface area (Å²) in [6, 6.07) is 5.56. The molecular weight excluding hydrogens is 170 g/mol. The van der Waals surface area contributed by atoms with Gasteiger partial charge >= 0.3 is 0 Å². The molecule has 0 spiro atoms. The molecule has 0 amide bonds. The summed E-state index contributed by atoms with van der Waals surface area (Å²) in [6.07, 6.45) is 0. The molecule has 1 heterocycles. The summed E-state index contributed by atoms with van der Waals surface area (Å²) in [4.78, 5) is 11.0. The van der Waals surface area contributed by atoms with E-state index >= 15 is 0 Å². The van der Waals surface area contributed by atoms with E-state index in [1.165, 1.54) is 11.5 Å². The number of Topliss-reactive ketones (excluding diaryl/α,β-unsaturated/α-hetero) is 1. The van der Waals surface area contributed by atoms with E-state index in [0.29, 0.717) is 0 Å². The van der Waals surface area contributed by atoms with Crippen molar-refractivity contribution in [3.05, 3.63) is 29.1 Å². The van der Waals surface area contributed by atoms with Crippen LogP contribution < -0.4 is 0 Å². The summed E-state index contributed by atoms with van der Waals surface area (Å²) in [7, 11) is 0. The fourth-order valence-corrected chi connectivity index (χ4v) is 1.73. The third-order valence-electron chi connectivity index (χ3n) is 1.76. The minimum absolute atomic E-state index is 0.100. The zero-order chi connectivity index (χ0) is 8.55. The lowest BCUT2D eigenvalue weighted by atomic mass is 10.1. The van der Waals surface area contributed by atoms with Gasteiger partial charge in [0.25, 0.3) is 0 Å². The molecule has 0 aliphatic carbocycles. The highest BCUT2D eigenvalue weighted by Gasteiger charge is 2.01. The van der Waals surface area contributed by atoms with Crippen molar-refractivity contribution in [3.63, 3.8) is 0 Å². The van der Waals surface area contributed by atoms with Gasteiger partial charge in [-0.2, -0.15) is 4.37 Å². The molecule has 2 rings (SSSR count). The monoisotopic (exact) mass is 177 g/mol. The number of hydrogen-bond acceptors (Lipinski definition) is 3. The number of hydrogen-bond donors (Lipinski definition) is 0. The minimum Gasteiger partial charge on any atom is -0.295 e. The fourth-order valence-electron chi connectivity index (χ4n) is 1.09. The second-order valence-electron chi connectivity index (χ2n) is 2.64. The third-order valence-corrected chi connectivity index (χ3v) is 2.43. The molecule has 60 valence electrons. The SMILES string of the molecule is CC(=O)c1ccc2nscc2c1. The lowest BCUT2D eigenvalue weighted by Gasteiger charge is -1.93. The Morgan fingerprint density at radius 3 is 3.08 bits per heavy atom. The van der Waals surface area contributed by atoms with Gasteiger partial charge in [0.05, 0.1) is 5.52 Å². The molecule has 0 saturated heterocycles. The van der Waals surface area contributed by atoms with E-state index in [1.54, 1.807) is 6.92 Å². The summed E-state index contributed by atoms with van der Waals surface area (Å²) < 4.78 is 4.15. The lowest BCUT2D eigenvalue weighted by molar-refractivity contribution is 0.101. The Kier molecular flexibility index (Phi) is 1.66. The van der Waals surface area contributed by atoms with Gasteiger partial charge in [-0.25, -0.2) is 0 Å². The summed E-state index contributed by atoms with van der Waals surface area (Å²) in [6.45, 7) is 1.57. The Hall–Kier alpha value is -1.22. The number of carbonyl (C=O) groups is 1. The third kappa shape index (κ3) is 1.12. The molecule has 1 aromatic heterocycles. The second kappa shape index (κ2) is 2.68. The van der Waals surface area contributed by atoms with E-state index in [1.807, 2.05) is 23.6 Å². The molecule has 2 aromatic rings. The van der Waals surface area contributed by atoms with Crippen LogP contribution >= 0.6 is 11.5 Å². The van der Waals surface area contributed by atoms with E-state index in [2.05, 4.69) is 4.37 Å². The standard InChI is InChI=1S/C9H7NOS/c1-6(11)7-2-3-9-8(4-7)5-12-10-9/h2-5H,1H3. The van der Waals surface area contributed by atoms with Crippen LogP contribution in [-0.4, -0.2) is 10.2 Å². The number of nitrogens with zero attached hydrogens (tertiary/aromatic N) is 1. The smallest absolute Gasteiger partial charge is 0.159 e. The van der Waals surface area contributed by atoms with Crippen LogP contribution in [0.4, 0.5) is 0 Å². The lowest BCUT2D eigenvalue weighted by Crippen LogP contribution is -1.89. The Morgan fingerprint density at radius 1 is 1.50 bits per heavy atom. The van der Waals surface area contributed by atoms with Crippen molar-refractivity contribution >= 4 is 28.2 Å². The van der Waals surface area contributed by atoms with Gasteiger partial charge in [-0.3, -0.25) is 4.79 Å². The van der Waals surface area contributed by atoms with Crippen molar-refractivity contribution in [3.8, 4) is 0 Å². The second-order valence-corrected chi connectivity index (χ2v) is 3.27. The van der Waals surface area contributed by atoms with Crippen LogP contribution in [0.2, 0.25) is 0 Å². The molecule has 0 N–H and O–H groups in total. The number of aromatic nitrogens is 1. The zero-order valence-corrected chi connectivity index (χ0v) is 7.39. The zero-order valence-electron chi connectivity index (χ0n) is 6.57. The average molecular weight is 177 g/mol. The molecule has 0 bridgehead atoms. The van der Waals surface area contributed by atoms with Gasteiger partial charge in [-0.15, -0.1) is 0 Å². The van der Waals surface area contributed by atoms with Crippen molar-refractivity contribution in [1.82, 2.24) is 4.37 Å². The van der Waals surface area contributed by atoms with Gasteiger partial charge in [0.15, 0.2) is 5.78 Å². The van der Waals surface area contributed by atoms with Crippen molar-refractivity contribution in [2.45, 2.75) is 6.92 Å². The van der Waals surface area contributed by atoms with Crippen LogP contribution in [-0.2, 0) is 0 Å². The molecule has 0 aliphatic rings. The average Bonchev–Trinajstić information content (AvgIpc) is 2.49. The van der Waals surface area contributed by atoms with Crippen molar-refractivity contribution < 1.29 is 4.79 Å². The van der Waals surface area contributed by atoms with Gasteiger partial charge in [0, 0.05) is 16.3 Å². The molecule has 0 atom stereocenters. The summed E-state index contributed by atoms with van der Waals surface area (Å²) >= 11 is 1.41. The quantitative estimate of drug-likeness (QED) is 0.626. The maximum atomic E-state index is 11.0. The minimum atomic E-state index is 0.100. The maximum absolute atomic E-state index is 11.0. The molecule has 0 fully saturated rings. The van der Waals surface area contributed by atoms with Gasteiger partial charge in [-0.1, -0.05) is 0 Å². The maximum Gasteiger partial charge on any atom is 0.159 e. The highest BCUT2D eigenvalue weighted by Crippen LogP contribution is 2.16. The highest BCUT2D eigenvalue weighted by molar-refractivity contribution is 7.04. The molecular formula is C9H7NOS. The first-order valence-corrected chi connectivity index (χ1v) is 4.46. The van der Waals surface area contributed by atoms with E-state index in [4.69, 9.17) is 0 Å². The molecule has 0 unspecified atom stereocenters. The number of rotatable bonds is 1. The first-order valence-electron chi connectivity index (χ1n) is 3.62. The molecule has 1 aromatic carbocycles. The van der Waals surface area contributed by atoms with Gasteiger partial charge in [0.1, 0.15) is 0 Å². The number of fused-ring (bicyclic) bond motifs is 1. The van der Waals surface area contributed by atoms with E-state index in [9.17, 15) is 4.79 Å². The predicted octanol–water partition coefficient (Wildman–Crippen LogP) is 2.50. The fraction of sp³-hybridized carbons (Fsp3) is 0.111. The van der Waals surface area contributed by atoms with E-state index < -0.39 is 0 Å². The highest BCUT2D eigenvalue weighted by atomic mass is 32.1. The van der Waals surface area contributed by atoms with Crippen LogP contribution in [0.5, 0.6) is 0 Å². The Bertz CT molecular complexity index is 433. The largest absolute Gasteiger partial charge is 0.295 e. The van der Waals surface area contributed by atoms with E-state index in [0.717, 1.165) is 16.5 Å². The first-order chi connectivity index (χ1) is 5.77. The number of carbonyl (C=O) groups excluding carboxylic acids is 1. The normalized spacial score (nSPS) is 10.4. The number of ketones is 1. The van der Waals surface area contributed by atoms with Crippen LogP contribution in [0, 0.1) is 0 Å². The summed E-state index contributed by atoms with van der Waals surface area (Å²) in [5.74, 6) is 0.100. The Balaban J connectivity index is 2.68. The van der Waals surface area contributed by atoms with Crippen molar-refractivity contribution in [2.24, 2.45) is 0 Å². The summed E-state index contributed by atoms with van der Waals surface area (Å²) in [5.41, 5.74) is 1.72. The molecule has 2 nitrogen and oxygen atoms in total. The molecule has 0 aliphatic heterocycles. The number of benzene rings is 1. The van der Waals surface area contributed by atoms with Crippen LogP contribution in [0.15, 0.2) is 23.6 Å². The van der Waals surface area contributed by atoms with Gasteiger partial charge < -0.3 is 0 Å². The predicted molar refractivity (Wildman–Crippen MR) is 49.6 cm³/mol. The molecule has 0 radical (unpaired) electrons. The molecule has 0 saturated carbocycles. The van der Waals surface area contributed by atoms with Crippen molar-refractivity contribution in [2.75, 3.05) is 0 Å². The first kappa shape index (κ1) is 7.43.